The Morgan fingerprint density at radius 1 is 0.724 bits per heavy atom. The number of benzene rings is 1. The Labute approximate surface area is 183 Å². The zero-order chi connectivity index (χ0) is 22.5. The second kappa shape index (κ2) is 11.4. The Morgan fingerprint density at radius 2 is 1.28 bits per heavy atom. The summed E-state index contributed by atoms with van der Waals surface area (Å²) in [6.07, 6.45) is 6.94. The van der Waals surface area contributed by atoms with Crippen molar-refractivity contribution >= 4 is 0 Å². The molecular formula is C29H50. The lowest BCUT2D eigenvalue weighted by Gasteiger charge is -2.36. The summed E-state index contributed by atoms with van der Waals surface area (Å²) in [6, 6.07) is 0. The fourth-order valence-electron chi connectivity index (χ4n) is 5.38. The van der Waals surface area contributed by atoms with Crippen molar-refractivity contribution in [3.05, 3.63) is 46.0 Å². The Hall–Kier alpha value is -1.04. The highest BCUT2D eigenvalue weighted by atomic mass is 14.4. The molecule has 0 aliphatic rings. The molecule has 0 aliphatic carbocycles. The number of hydrogen-bond acceptors (Lipinski definition) is 0. The van der Waals surface area contributed by atoms with Crippen LogP contribution in [0, 0.1) is 11.8 Å². The van der Waals surface area contributed by atoms with Crippen LogP contribution in [-0.4, -0.2) is 0 Å². The molecule has 0 aromatic heterocycles. The van der Waals surface area contributed by atoms with Crippen LogP contribution in [0.2, 0.25) is 0 Å². The van der Waals surface area contributed by atoms with Gasteiger partial charge in [0.15, 0.2) is 0 Å². The molecule has 0 heteroatoms. The third kappa shape index (κ3) is 5.36. The minimum Gasteiger partial charge on any atom is -0.103 e. The van der Waals surface area contributed by atoms with Crippen LogP contribution >= 0.6 is 0 Å². The Kier molecular flexibility index (Phi) is 10.2. The summed E-state index contributed by atoms with van der Waals surface area (Å²) in [7, 11) is 0. The third-order valence-corrected chi connectivity index (χ3v) is 7.44. The van der Waals surface area contributed by atoms with Crippen molar-refractivity contribution in [2.75, 3.05) is 0 Å². The van der Waals surface area contributed by atoms with E-state index < -0.39 is 0 Å². The van der Waals surface area contributed by atoms with Gasteiger partial charge in [-0.3, -0.25) is 0 Å². The highest BCUT2D eigenvalue weighted by Crippen LogP contribution is 2.46. The van der Waals surface area contributed by atoms with Gasteiger partial charge in [-0.15, -0.1) is 6.58 Å². The van der Waals surface area contributed by atoms with Gasteiger partial charge < -0.3 is 0 Å². The molecule has 1 aromatic rings. The molecular weight excluding hydrogens is 348 g/mol. The van der Waals surface area contributed by atoms with Crippen molar-refractivity contribution in [3.8, 4) is 0 Å². The average molecular weight is 399 g/mol. The van der Waals surface area contributed by atoms with Gasteiger partial charge in [-0.1, -0.05) is 88.7 Å². The molecule has 4 unspecified atom stereocenters. The first-order valence-corrected chi connectivity index (χ1v) is 12.4. The zero-order valence-electron chi connectivity index (χ0n) is 21.6. The SMILES string of the molecule is C=CC(C)C(C)C(C)c1c(CC)c(C(C)CC)c(CCC)c(C(C)C)c1C(C)C. The molecule has 29 heavy (non-hydrogen) atoms. The van der Waals surface area contributed by atoms with Gasteiger partial charge in [0.2, 0.25) is 0 Å². The van der Waals surface area contributed by atoms with E-state index in [9.17, 15) is 0 Å². The van der Waals surface area contributed by atoms with Gasteiger partial charge in [0, 0.05) is 0 Å². The van der Waals surface area contributed by atoms with Crippen LogP contribution in [0.5, 0.6) is 0 Å². The van der Waals surface area contributed by atoms with Crippen LogP contribution < -0.4 is 0 Å². The summed E-state index contributed by atoms with van der Waals surface area (Å²) in [5.41, 5.74) is 10.1. The summed E-state index contributed by atoms with van der Waals surface area (Å²) in [5, 5.41) is 0. The van der Waals surface area contributed by atoms with Crippen LogP contribution in [0.4, 0.5) is 0 Å². The molecule has 0 nitrogen and oxygen atoms in total. The first-order valence-electron chi connectivity index (χ1n) is 12.4. The predicted octanol–water partition coefficient (Wildman–Crippen LogP) is 9.52. The fraction of sp³-hybridized carbons (Fsp3) is 0.724. The van der Waals surface area contributed by atoms with Gasteiger partial charge in [-0.05, 0) is 88.2 Å². The van der Waals surface area contributed by atoms with Gasteiger partial charge in [-0.2, -0.15) is 0 Å². The molecule has 1 aromatic carbocycles. The van der Waals surface area contributed by atoms with E-state index in [0.717, 1.165) is 6.42 Å². The van der Waals surface area contributed by atoms with Crippen molar-refractivity contribution in [1.29, 1.82) is 0 Å². The predicted molar refractivity (Wildman–Crippen MR) is 134 cm³/mol. The molecule has 1 rings (SSSR count). The quantitative estimate of drug-likeness (QED) is 0.325. The van der Waals surface area contributed by atoms with Gasteiger partial charge in [0.25, 0.3) is 0 Å². The van der Waals surface area contributed by atoms with Crippen molar-refractivity contribution in [1.82, 2.24) is 0 Å². The zero-order valence-corrected chi connectivity index (χ0v) is 21.6. The first-order chi connectivity index (χ1) is 13.6. The lowest BCUT2D eigenvalue weighted by Crippen LogP contribution is -2.22. The van der Waals surface area contributed by atoms with Crippen LogP contribution in [0.25, 0.3) is 0 Å². The van der Waals surface area contributed by atoms with E-state index in [1.807, 2.05) is 0 Å². The van der Waals surface area contributed by atoms with Crippen LogP contribution in [0.15, 0.2) is 12.7 Å². The van der Waals surface area contributed by atoms with Gasteiger partial charge in [0.1, 0.15) is 0 Å². The second-order valence-electron chi connectivity index (χ2n) is 10.1. The summed E-state index contributed by atoms with van der Waals surface area (Å²) < 4.78 is 0. The summed E-state index contributed by atoms with van der Waals surface area (Å²) in [6.45, 7) is 30.5. The second-order valence-corrected chi connectivity index (χ2v) is 10.1. The molecule has 0 bridgehead atoms. The Morgan fingerprint density at radius 3 is 1.66 bits per heavy atom. The Balaban J connectivity index is 4.12. The number of allylic oxidation sites excluding steroid dienone is 1. The van der Waals surface area contributed by atoms with E-state index in [1.165, 1.54) is 19.3 Å². The minimum atomic E-state index is 0.527. The monoisotopic (exact) mass is 398 g/mol. The molecule has 0 N–H and O–H groups in total. The molecule has 0 aliphatic heterocycles. The van der Waals surface area contributed by atoms with Crippen LogP contribution in [-0.2, 0) is 12.8 Å². The molecule has 0 radical (unpaired) electrons. The molecule has 0 saturated heterocycles. The topological polar surface area (TPSA) is 0 Å². The standard InChI is InChI=1S/C29H50/c1-13-17-25-26(18(5)6)27(19(7)8)29(23(12)22(11)20(9)14-2)24(16-4)28(25)21(10)15-3/h14,18-23H,2,13,15-17H2,1,3-12H3. The van der Waals surface area contributed by atoms with Crippen LogP contribution in [0.3, 0.4) is 0 Å². The fourth-order valence-corrected chi connectivity index (χ4v) is 5.38. The molecule has 0 fully saturated rings. The van der Waals surface area contributed by atoms with Crippen molar-refractivity contribution < 1.29 is 0 Å². The van der Waals surface area contributed by atoms with Gasteiger partial charge in [0.05, 0.1) is 0 Å². The minimum absolute atomic E-state index is 0.527. The lowest BCUT2D eigenvalue weighted by molar-refractivity contribution is 0.390. The smallest absolute Gasteiger partial charge is 0.0153 e. The molecule has 0 heterocycles. The average Bonchev–Trinajstić information content (AvgIpc) is 2.69. The van der Waals surface area contributed by atoms with E-state index in [2.05, 4.69) is 88.8 Å². The Bertz CT molecular complexity index is 661. The normalized spacial score (nSPS) is 16.2. The number of hydrogen-bond donors (Lipinski definition) is 0. The van der Waals surface area contributed by atoms with Crippen molar-refractivity contribution in [2.45, 2.75) is 126 Å². The van der Waals surface area contributed by atoms with Crippen molar-refractivity contribution in [3.63, 3.8) is 0 Å². The highest BCUT2D eigenvalue weighted by molar-refractivity contribution is 5.57. The van der Waals surface area contributed by atoms with Gasteiger partial charge in [-0.25, -0.2) is 0 Å². The highest BCUT2D eigenvalue weighted by Gasteiger charge is 2.31. The molecule has 4 atom stereocenters. The third-order valence-electron chi connectivity index (χ3n) is 7.44. The van der Waals surface area contributed by atoms with E-state index in [1.54, 1.807) is 33.4 Å². The summed E-state index contributed by atoms with van der Waals surface area (Å²) >= 11 is 0. The maximum absolute atomic E-state index is 4.10. The maximum Gasteiger partial charge on any atom is -0.0153 e. The number of rotatable bonds is 11. The van der Waals surface area contributed by atoms with E-state index in [4.69, 9.17) is 0 Å². The maximum atomic E-state index is 4.10. The molecule has 166 valence electrons. The first kappa shape index (κ1) is 26.0. The largest absolute Gasteiger partial charge is 0.103 e. The van der Waals surface area contributed by atoms with Crippen molar-refractivity contribution in [2.24, 2.45) is 11.8 Å². The molecule has 0 saturated carbocycles. The van der Waals surface area contributed by atoms with Crippen LogP contribution in [0.1, 0.15) is 146 Å². The summed E-state index contributed by atoms with van der Waals surface area (Å²) in [5.74, 6) is 3.43. The molecule has 0 amide bonds. The van der Waals surface area contributed by atoms with E-state index in [-0.39, 0.29) is 0 Å². The lowest BCUT2D eigenvalue weighted by atomic mass is 9.68. The van der Waals surface area contributed by atoms with E-state index in [0.29, 0.717) is 35.5 Å². The summed E-state index contributed by atoms with van der Waals surface area (Å²) in [4.78, 5) is 0. The molecule has 0 spiro atoms. The van der Waals surface area contributed by atoms with E-state index >= 15 is 0 Å². The van der Waals surface area contributed by atoms with Gasteiger partial charge >= 0.3 is 0 Å².